The van der Waals surface area contributed by atoms with E-state index < -0.39 is 17.7 Å². The molecule has 4 heteroatoms. The Bertz CT molecular complexity index is 277. The SMILES string of the molecule is CCOC(=O)C(F)C1(O)CC(C)(C)CC1C. The van der Waals surface area contributed by atoms with Crippen molar-refractivity contribution in [1.82, 2.24) is 0 Å². The maximum atomic E-state index is 13.9. The highest BCUT2D eigenvalue weighted by Gasteiger charge is 2.55. The molecule has 94 valence electrons. The molecule has 1 aliphatic rings. The van der Waals surface area contributed by atoms with Gasteiger partial charge in [0.05, 0.1) is 6.61 Å². The minimum atomic E-state index is -1.94. The van der Waals surface area contributed by atoms with Crippen molar-refractivity contribution in [2.24, 2.45) is 11.3 Å². The highest BCUT2D eigenvalue weighted by atomic mass is 19.1. The third-order valence-electron chi connectivity index (χ3n) is 3.41. The number of hydrogen-bond acceptors (Lipinski definition) is 3. The van der Waals surface area contributed by atoms with E-state index in [1.165, 1.54) is 0 Å². The zero-order chi connectivity index (χ0) is 12.6. The van der Waals surface area contributed by atoms with Crippen LogP contribution in [0.1, 0.15) is 40.5 Å². The Balaban J connectivity index is 2.81. The van der Waals surface area contributed by atoms with Crippen LogP contribution in [0.5, 0.6) is 0 Å². The second kappa shape index (κ2) is 4.32. The number of halogens is 1. The van der Waals surface area contributed by atoms with Crippen molar-refractivity contribution >= 4 is 5.97 Å². The van der Waals surface area contributed by atoms with Gasteiger partial charge in [0.25, 0.3) is 0 Å². The molecule has 1 fully saturated rings. The van der Waals surface area contributed by atoms with Gasteiger partial charge in [-0.25, -0.2) is 9.18 Å². The van der Waals surface area contributed by atoms with E-state index in [9.17, 15) is 14.3 Å². The quantitative estimate of drug-likeness (QED) is 0.758. The summed E-state index contributed by atoms with van der Waals surface area (Å²) in [6, 6.07) is 0. The van der Waals surface area contributed by atoms with Gasteiger partial charge in [-0.2, -0.15) is 0 Å². The van der Waals surface area contributed by atoms with Crippen LogP contribution < -0.4 is 0 Å². The maximum Gasteiger partial charge on any atom is 0.343 e. The molecule has 1 rings (SSSR count). The molecule has 3 unspecified atom stereocenters. The van der Waals surface area contributed by atoms with E-state index in [4.69, 9.17) is 0 Å². The molecule has 0 aromatic heterocycles. The first-order valence-electron chi connectivity index (χ1n) is 5.76. The lowest BCUT2D eigenvalue weighted by atomic mass is 9.86. The Labute approximate surface area is 96.0 Å². The number of ether oxygens (including phenoxy) is 1. The smallest absolute Gasteiger partial charge is 0.343 e. The molecule has 0 radical (unpaired) electrons. The molecular formula is C12H21FO3. The molecule has 1 saturated carbocycles. The van der Waals surface area contributed by atoms with Gasteiger partial charge in [0.15, 0.2) is 0 Å². The van der Waals surface area contributed by atoms with Crippen molar-refractivity contribution in [1.29, 1.82) is 0 Å². The summed E-state index contributed by atoms with van der Waals surface area (Å²) in [5.74, 6) is -1.18. The molecule has 0 saturated heterocycles. The predicted octanol–water partition coefficient (Wildman–Crippen LogP) is 2.07. The molecule has 0 bridgehead atoms. The number of carbonyl (C=O) groups is 1. The summed E-state index contributed by atoms with van der Waals surface area (Å²) in [5, 5.41) is 10.3. The Morgan fingerprint density at radius 3 is 2.56 bits per heavy atom. The number of rotatable bonds is 3. The average Bonchev–Trinajstić information content (AvgIpc) is 2.35. The van der Waals surface area contributed by atoms with Crippen molar-refractivity contribution in [3.8, 4) is 0 Å². The molecule has 0 heterocycles. The van der Waals surface area contributed by atoms with Crippen LogP contribution in [0.25, 0.3) is 0 Å². The molecule has 0 aliphatic heterocycles. The van der Waals surface area contributed by atoms with Gasteiger partial charge in [-0.05, 0) is 31.1 Å². The second-order valence-corrected chi connectivity index (χ2v) is 5.55. The van der Waals surface area contributed by atoms with Gasteiger partial charge >= 0.3 is 5.97 Å². The van der Waals surface area contributed by atoms with Crippen LogP contribution >= 0.6 is 0 Å². The highest BCUT2D eigenvalue weighted by molar-refractivity contribution is 5.76. The zero-order valence-corrected chi connectivity index (χ0v) is 10.4. The topological polar surface area (TPSA) is 46.5 Å². The first-order chi connectivity index (χ1) is 7.23. The Kier molecular flexibility index (Phi) is 3.62. The summed E-state index contributed by atoms with van der Waals surface area (Å²) in [5.41, 5.74) is -1.71. The molecule has 3 atom stereocenters. The fourth-order valence-electron chi connectivity index (χ4n) is 2.78. The van der Waals surface area contributed by atoms with Crippen LogP contribution in [0.4, 0.5) is 4.39 Å². The minimum Gasteiger partial charge on any atom is -0.464 e. The normalized spacial score (nSPS) is 34.8. The van der Waals surface area contributed by atoms with Gasteiger partial charge in [-0.15, -0.1) is 0 Å². The monoisotopic (exact) mass is 232 g/mol. The number of carbonyl (C=O) groups excluding carboxylic acids is 1. The van der Waals surface area contributed by atoms with Gasteiger partial charge in [0.2, 0.25) is 6.17 Å². The molecule has 0 amide bonds. The van der Waals surface area contributed by atoms with Crippen molar-refractivity contribution in [3.05, 3.63) is 0 Å². The van der Waals surface area contributed by atoms with Crippen LogP contribution in [0.2, 0.25) is 0 Å². The summed E-state index contributed by atoms with van der Waals surface area (Å²) in [6.07, 6.45) is -0.936. The van der Waals surface area contributed by atoms with E-state index in [2.05, 4.69) is 4.74 Å². The van der Waals surface area contributed by atoms with Crippen molar-refractivity contribution in [2.75, 3.05) is 6.61 Å². The summed E-state index contributed by atoms with van der Waals surface area (Å²) >= 11 is 0. The number of hydrogen-bond donors (Lipinski definition) is 1. The van der Waals surface area contributed by atoms with Gasteiger partial charge in [-0.3, -0.25) is 0 Å². The first kappa shape index (κ1) is 13.4. The second-order valence-electron chi connectivity index (χ2n) is 5.55. The molecule has 0 spiro atoms. The molecule has 0 aromatic carbocycles. The van der Waals surface area contributed by atoms with E-state index >= 15 is 0 Å². The van der Waals surface area contributed by atoms with Crippen LogP contribution in [-0.4, -0.2) is 29.5 Å². The minimum absolute atomic E-state index is 0.132. The Hall–Kier alpha value is -0.640. The fourth-order valence-corrected chi connectivity index (χ4v) is 2.78. The largest absolute Gasteiger partial charge is 0.464 e. The lowest BCUT2D eigenvalue weighted by molar-refractivity contribution is -0.163. The Morgan fingerprint density at radius 1 is 1.62 bits per heavy atom. The van der Waals surface area contributed by atoms with Crippen molar-refractivity contribution in [3.63, 3.8) is 0 Å². The van der Waals surface area contributed by atoms with Crippen LogP contribution in [0.15, 0.2) is 0 Å². The summed E-state index contributed by atoms with van der Waals surface area (Å²) in [6.45, 7) is 7.48. The molecule has 3 nitrogen and oxygen atoms in total. The van der Waals surface area contributed by atoms with Gasteiger partial charge < -0.3 is 9.84 Å². The molecule has 16 heavy (non-hydrogen) atoms. The van der Waals surface area contributed by atoms with Gasteiger partial charge in [-0.1, -0.05) is 20.8 Å². The van der Waals surface area contributed by atoms with Crippen LogP contribution in [0, 0.1) is 11.3 Å². The fraction of sp³-hybridized carbons (Fsp3) is 0.917. The Morgan fingerprint density at radius 2 is 2.19 bits per heavy atom. The third-order valence-corrected chi connectivity index (χ3v) is 3.41. The van der Waals surface area contributed by atoms with E-state index in [1.54, 1.807) is 13.8 Å². The van der Waals surface area contributed by atoms with Gasteiger partial charge in [0, 0.05) is 0 Å². The summed E-state index contributed by atoms with van der Waals surface area (Å²) in [7, 11) is 0. The van der Waals surface area contributed by atoms with E-state index in [1.807, 2.05) is 13.8 Å². The van der Waals surface area contributed by atoms with Gasteiger partial charge in [0.1, 0.15) is 5.60 Å². The zero-order valence-electron chi connectivity index (χ0n) is 10.4. The molecule has 1 N–H and O–H groups in total. The van der Waals surface area contributed by atoms with Crippen LogP contribution in [0.3, 0.4) is 0 Å². The van der Waals surface area contributed by atoms with E-state index in [0.717, 1.165) is 0 Å². The molecule has 1 aliphatic carbocycles. The summed E-state index contributed by atoms with van der Waals surface area (Å²) in [4.78, 5) is 11.3. The number of aliphatic hydroxyl groups is 1. The predicted molar refractivity (Wildman–Crippen MR) is 58.7 cm³/mol. The number of esters is 1. The van der Waals surface area contributed by atoms with E-state index in [0.29, 0.717) is 12.8 Å². The van der Waals surface area contributed by atoms with E-state index in [-0.39, 0.29) is 17.9 Å². The van der Waals surface area contributed by atoms with Crippen LogP contribution in [-0.2, 0) is 9.53 Å². The first-order valence-corrected chi connectivity index (χ1v) is 5.76. The highest BCUT2D eigenvalue weighted by Crippen LogP contribution is 2.49. The lowest BCUT2D eigenvalue weighted by Crippen LogP contribution is -2.47. The maximum absolute atomic E-state index is 13.9. The van der Waals surface area contributed by atoms with Crippen molar-refractivity contribution in [2.45, 2.75) is 52.3 Å². The summed E-state index contributed by atoms with van der Waals surface area (Å²) < 4.78 is 18.6. The lowest BCUT2D eigenvalue weighted by Gasteiger charge is -2.30. The molecule has 0 aromatic rings. The average molecular weight is 232 g/mol. The van der Waals surface area contributed by atoms with Crippen molar-refractivity contribution < 1.29 is 19.0 Å². The molecular weight excluding hydrogens is 211 g/mol. The number of alkyl halides is 1. The standard InChI is InChI=1S/C12H21FO3/c1-5-16-10(14)9(13)12(15)7-11(3,4)6-8(12)2/h8-9,15H,5-7H2,1-4H3. The third kappa shape index (κ3) is 2.37.